The van der Waals surface area contributed by atoms with E-state index in [0.717, 1.165) is 33.6 Å². The third kappa shape index (κ3) is 5.20. The molecular weight excluding hydrogens is 548 g/mol. The Morgan fingerprint density at radius 2 is 1.09 bits per heavy atom. The Bertz CT molecular complexity index is 1940. The zero-order valence-electron chi connectivity index (χ0n) is 22.7. The number of aromatic amines is 2. The van der Waals surface area contributed by atoms with Gasteiger partial charge in [0.15, 0.2) is 23.2 Å². The molecule has 8 rings (SSSR count). The van der Waals surface area contributed by atoms with Crippen molar-refractivity contribution in [2.24, 2.45) is 0 Å². The van der Waals surface area contributed by atoms with Crippen molar-refractivity contribution in [3.63, 3.8) is 0 Å². The van der Waals surface area contributed by atoms with E-state index in [1.165, 1.54) is 0 Å². The van der Waals surface area contributed by atoms with Crippen molar-refractivity contribution in [3.05, 3.63) is 108 Å². The number of nitrogens with one attached hydrogen (secondary N) is 2. The first kappa shape index (κ1) is 24.9. The Hall–Kier alpha value is -5.82. The molecule has 0 spiro atoms. The quantitative estimate of drug-likeness (QED) is 0.231. The Morgan fingerprint density at radius 3 is 1.58 bits per heavy atom. The van der Waals surface area contributed by atoms with E-state index in [-0.39, 0.29) is 13.2 Å². The highest BCUT2D eigenvalue weighted by atomic mass is 16.5. The van der Waals surface area contributed by atoms with Gasteiger partial charge in [0, 0.05) is 0 Å². The van der Waals surface area contributed by atoms with Gasteiger partial charge < -0.3 is 23.5 Å². The molecule has 0 aliphatic carbocycles. The number of ether oxygens (including phenoxy) is 1. The van der Waals surface area contributed by atoms with E-state index in [0.29, 0.717) is 47.6 Å². The van der Waals surface area contributed by atoms with E-state index < -0.39 is 0 Å². The first-order chi connectivity index (χ1) is 21.2. The topological polar surface area (TPSA) is 154 Å². The minimum absolute atomic E-state index is 0.286. The first-order valence-electron chi connectivity index (χ1n) is 13.7. The second kappa shape index (κ2) is 10.5. The number of fused-ring (bicyclic) bond motifs is 2. The second-order valence-electron chi connectivity index (χ2n) is 10.0. The molecule has 212 valence electrons. The molecule has 2 N–H and O–H groups in total. The van der Waals surface area contributed by atoms with Crippen LogP contribution in [0.15, 0.2) is 94.0 Å². The first-order valence-corrected chi connectivity index (χ1v) is 13.7. The maximum absolute atomic E-state index is 5.99. The van der Waals surface area contributed by atoms with Crippen LogP contribution in [0.2, 0.25) is 0 Å². The lowest BCUT2D eigenvalue weighted by Crippen LogP contribution is -1.99. The number of hydrogen-bond donors (Lipinski definition) is 2. The van der Waals surface area contributed by atoms with Crippen LogP contribution < -0.4 is 0 Å². The molecule has 0 fully saturated rings. The van der Waals surface area contributed by atoms with E-state index in [4.69, 9.17) is 13.6 Å². The van der Waals surface area contributed by atoms with Gasteiger partial charge in [0.05, 0.1) is 47.7 Å². The fourth-order valence-electron chi connectivity index (χ4n) is 4.86. The average molecular weight is 573 g/mol. The summed E-state index contributed by atoms with van der Waals surface area (Å²) < 4.78 is 21.2. The van der Waals surface area contributed by atoms with Gasteiger partial charge in [-0.3, -0.25) is 0 Å². The van der Waals surface area contributed by atoms with E-state index >= 15 is 0 Å². The maximum Gasteiger partial charge on any atom is 0.174 e. The molecule has 2 aromatic carbocycles. The molecule has 0 atom stereocenters. The van der Waals surface area contributed by atoms with Crippen molar-refractivity contribution in [1.29, 1.82) is 0 Å². The average Bonchev–Trinajstić information content (AvgIpc) is 3.86. The van der Waals surface area contributed by atoms with Crippen molar-refractivity contribution in [1.82, 2.24) is 49.9 Å². The number of aromatic nitrogens is 10. The lowest BCUT2D eigenvalue weighted by Gasteiger charge is -1.98. The highest BCUT2D eigenvalue weighted by molar-refractivity contribution is 5.79. The Balaban J connectivity index is 0.836. The van der Waals surface area contributed by atoms with Crippen molar-refractivity contribution >= 4 is 22.1 Å². The van der Waals surface area contributed by atoms with Crippen LogP contribution in [0.1, 0.15) is 22.9 Å². The predicted molar refractivity (Wildman–Crippen MR) is 154 cm³/mol. The van der Waals surface area contributed by atoms with Gasteiger partial charge in [-0.25, -0.2) is 19.3 Å². The number of nitrogens with zero attached hydrogens (tertiary/aromatic N) is 8. The van der Waals surface area contributed by atoms with Crippen LogP contribution >= 0.6 is 0 Å². The molecule has 0 bridgehead atoms. The molecule has 0 aliphatic rings. The van der Waals surface area contributed by atoms with Gasteiger partial charge >= 0.3 is 0 Å². The minimum atomic E-state index is 0.286. The largest absolute Gasteiger partial charge is 0.456 e. The summed E-state index contributed by atoms with van der Waals surface area (Å²) in [5.41, 5.74) is 5.11. The Morgan fingerprint density at radius 1 is 0.605 bits per heavy atom. The zero-order chi connectivity index (χ0) is 28.6. The number of para-hydroxylation sites is 4. The monoisotopic (exact) mass is 572 g/mol. The van der Waals surface area contributed by atoms with Crippen LogP contribution in [-0.4, -0.2) is 49.9 Å². The zero-order valence-corrected chi connectivity index (χ0v) is 22.7. The van der Waals surface area contributed by atoms with Crippen molar-refractivity contribution in [2.45, 2.75) is 26.3 Å². The molecule has 0 saturated heterocycles. The Kier molecular flexibility index (Phi) is 6.11. The van der Waals surface area contributed by atoms with Crippen molar-refractivity contribution in [2.75, 3.05) is 0 Å². The smallest absolute Gasteiger partial charge is 0.174 e. The van der Waals surface area contributed by atoms with Crippen molar-refractivity contribution < 1.29 is 13.6 Å². The van der Waals surface area contributed by atoms with Gasteiger partial charge in [0.1, 0.15) is 36.0 Å². The molecule has 6 aromatic heterocycles. The van der Waals surface area contributed by atoms with E-state index in [1.54, 1.807) is 9.36 Å². The van der Waals surface area contributed by atoms with Gasteiger partial charge in [0.2, 0.25) is 0 Å². The molecular formula is C30H24N10O3. The summed E-state index contributed by atoms with van der Waals surface area (Å²) in [6.07, 6.45) is 3.66. The number of imidazole rings is 2. The van der Waals surface area contributed by atoms with Gasteiger partial charge in [-0.15, -0.1) is 10.2 Å². The van der Waals surface area contributed by atoms with Crippen LogP contribution in [0, 0.1) is 0 Å². The fourth-order valence-corrected chi connectivity index (χ4v) is 4.86. The lowest BCUT2D eigenvalue weighted by molar-refractivity contribution is 0.102. The summed E-state index contributed by atoms with van der Waals surface area (Å²) in [5.74, 6) is 4.20. The summed E-state index contributed by atoms with van der Waals surface area (Å²) in [6, 6.07) is 23.3. The standard InChI is InChI=1S/C30H24N10O3/c1-2-6-24-23(5-1)31-29(32-24)27-11-9-21(42-27)15-39-13-19(35-37-39)17-41-18-20-14-40(38-36-20)16-22-10-12-28(43-22)30-33-25-7-3-4-8-26(25)34-30/h1-14H,15-18H2,(H,31,32)(H,33,34). The SMILES string of the molecule is c1ccc2[nH]c(-c3ccc(Cn4cc(COCc5cn(Cc6ccc(-c7nc8ccccc8[nH]7)o6)nn5)nn4)o3)nc2c1. The minimum Gasteiger partial charge on any atom is -0.456 e. The molecule has 6 heterocycles. The molecule has 43 heavy (non-hydrogen) atoms. The summed E-state index contributed by atoms with van der Waals surface area (Å²) in [5, 5.41) is 16.8. The number of H-pyrrole nitrogens is 2. The second-order valence-corrected chi connectivity index (χ2v) is 10.0. The number of furan rings is 2. The molecule has 13 nitrogen and oxygen atoms in total. The molecule has 0 aliphatic heterocycles. The predicted octanol–water partition coefficient (Wildman–Crippen LogP) is 4.96. The molecule has 0 amide bonds. The van der Waals surface area contributed by atoms with E-state index in [2.05, 4.69) is 40.6 Å². The highest BCUT2D eigenvalue weighted by Gasteiger charge is 2.13. The van der Waals surface area contributed by atoms with E-state index in [9.17, 15) is 0 Å². The van der Waals surface area contributed by atoms with Crippen LogP contribution in [0.25, 0.3) is 45.2 Å². The summed E-state index contributed by atoms with van der Waals surface area (Å²) in [6.45, 7) is 1.45. The maximum atomic E-state index is 5.99. The van der Waals surface area contributed by atoms with Crippen LogP contribution in [0.3, 0.4) is 0 Å². The highest BCUT2D eigenvalue weighted by Crippen LogP contribution is 2.24. The number of rotatable bonds is 10. The molecule has 0 saturated carbocycles. The number of benzene rings is 2. The lowest BCUT2D eigenvalue weighted by atomic mass is 10.3. The Labute approximate surface area is 243 Å². The third-order valence-corrected chi connectivity index (χ3v) is 6.88. The van der Waals surface area contributed by atoms with Crippen LogP contribution in [0.5, 0.6) is 0 Å². The fraction of sp³-hybridized carbons (Fsp3) is 0.133. The van der Waals surface area contributed by atoms with Crippen LogP contribution in [0.4, 0.5) is 0 Å². The van der Waals surface area contributed by atoms with Crippen LogP contribution in [-0.2, 0) is 31.0 Å². The molecule has 8 aromatic rings. The van der Waals surface area contributed by atoms with E-state index in [1.807, 2.05) is 85.2 Å². The molecule has 0 radical (unpaired) electrons. The molecule has 13 heteroatoms. The third-order valence-electron chi connectivity index (χ3n) is 6.88. The van der Waals surface area contributed by atoms with Gasteiger partial charge in [-0.1, -0.05) is 34.7 Å². The number of hydrogen-bond acceptors (Lipinski definition) is 9. The normalized spacial score (nSPS) is 11.7. The summed E-state index contributed by atoms with van der Waals surface area (Å²) in [4.78, 5) is 15.7. The van der Waals surface area contributed by atoms with Crippen molar-refractivity contribution in [3.8, 4) is 23.2 Å². The summed E-state index contributed by atoms with van der Waals surface area (Å²) in [7, 11) is 0. The van der Waals surface area contributed by atoms with Gasteiger partial charge in [-0.2, -0.15) is 0 Å². The summed E-state index contributed by atoms with van der Waals surface area (Å²) >= 11 is 0. The molecule has 0 unspecified atom stereocenters. The van der Waals surface area contributed by atoms with Gasteiger partial charge in [0.25, 0.3) is 0 Å². The van der Waals surface area contributed by atoms with Gasteiger partial charge in [-0.05, 0) is 48.5 Å².